The third kappa shape index (κ3) is 6.91. The molecule has 3 N–H and O–H groups in total. The zero-order chi connectivity index (χ0) is 16.7. The second-order valence-electron chi connectivity index (χ2n) is 5.42. The van der Waals surface area contributed by atoms with Gasteiger partial charge in [-0.3, -0.25) is 0 Å². The molecule has 0 heterocycles. The number of anilines is 1. The molecule has 0 atom stereocenters. The zero-order valence-electron chi connectivity index (χ0n) is 13.2. The summed E-state index contributed by atoms with van der Waals surface area (Å²) in [6, 6.07) is 16.6. The van der Waals surface area contributed by atoms with E-state index in [4.69, 9.17) is 12.2 Å². The van der Waals surface area contributed by atoms with E-state index in [2.05, 4.69) is 77.1 Å². The van der Waals surface area contributed by atoms with Crippen LogP contribution in [0.2, 0.25) is 0 Å². The SMILES string of the molecule is C[NH+](C)CCNC(=S)Nc1ccc(Sc2ccc(Br)cc2)cc1. The fourth-order valence-corrected chi connectivity index (χ4v) is 3.15. The van der Waals surface area contributed by atoms with E-state index in [1.807, 2.05) is 12.1 Å². The van der Waals surface area contributed by atoms with Crippen LogP contribution >= 0.6 is 39.9 Å². The maximum atomic E-state index is 5.30. The average molecular weight is 411 g/mol. The van der Waals surface area contributed by atoms with E-state index in [0.29, 0.717) is 5.11 Å². The van der Waals surface area contributed by atoms with Gasteiger partial charge in [0.15, 0.2) is 5.11 Å². The number of benzene rings is 2. The minimum absolute atomic E-state index is 0.666. The van der Waals surface area contributed by atoms with E-state index in [0.717, 1.165) is 23.2 Å². The first-order chi connectivity index (χ1) is 11.0. The Morgan fingerprint density at radius 2 is 1.61 bits per heavy atom. The second kappa shape index (κ2) is 9.27. The van der Waals surface area contributed by atoms with Gasteiger partial charge in [-0.1, -0.05) is 27.7 Å². The van der Waals surface area contributed by atoms with Crippen LogP contribution < -0.4 is 15.5 Å². The Morgan fingerprint density at radius 1 is 1.04 bits per heavy atom. The van der Waals surface area contributed by atoms with Crippen molar-refractivity contribution in [3.8, 4) is 0 Å². The Bertz CT molecular complexity index is 627. The minimum Gasteiger partial charge on any atom is -0.357 e. The van der Waals surface area contributed by atoms with E-state index in [1.54, 1.807) is 11.8 Å². The van der Waals surface area contributed by atoms with Crippen molar-refractivity contribution in [3.63, 3.8) is 0 Å². The smallest absolute Gasteiger partial charge is 0.170 e. The molecule has 0 spiro atoms. The Labute approximate surface area is 156 Å². The molecule has 0 aliphatic rings. The standard InChI is InChI=1S/C17H20BrN3S2/c1-21(2)12-11-19-17(22)20-14-5-9-16(10-6-14)23-15-7-3-13(18)4-8-15/h3-10H,11-12H2,1-2H3,(H2,19,20,22)/p+1. The third-order valence-electron chi connectivity index (χ3n) is 3.07. The lowest BCUT2D eigenvalue weighted by Crippen LogP contribution is -3.06. The van der Waals surface area contributed by atoms with Crippen LogP contribution in [0.15, 0.2) is 62.8 Å². The molecule has 0 saturated carbocycles. The second-order valence-corrected chi connectivity index (χ2v) is 7.89. The van der Waals surface area contributed by atoms with Crippen molar-refractivity contribution < 1.29 is 4.90 Å². The highest BCUT2D eigenvalue weighted by Crippen LogP contribution is 2.29. The zero-order valence-corrected chi connectivity index (χ0v) is 16.4. The minimum atomic E-state index is 0.666. The predicted octanol–water partition coefficient (Wildman–Crippen LogP) is 3.03. The number of quaternary nitrogens is 1. The van der Waals surface area contributed by atoms with E-state index in [-0.39, 0.29) is 0 Å². The lowest BCUT2D eigenvalue weighted by Gasteiger charge is -2.12. The van der Waals surface area contributed by atoms with Crippen LogP contribution in [0.1, 0.15) is 0 Å². The van der Waals surface area contributed by atoms with Crippen molar-refractivity contribution in [2.24, 2.45) is 0 Å². The first-order valence-corrected chi connectivity index (χ1v) is 9.42. The van der Waals surface area contributed by atoms with Crippen LogP contribution in [0.25, 0.3) is 0 Å². The summed E-state index contributed by atoms with van der Waals surface area (Å²) in [6.45, 7) is 1.90. The maximum Gasteiger partial charge on any atom is 0.170 e. The number of nitrogens with one attached hydrogen (secondary N) is 3. The van der Waals surface area contributed by atoms with Crippen LogP contribution in [0, 0.1) is 0 Å². The molecule has 2 aromatic carbocycles. The topological polar surface area (TPSA) is 28.5 Å². The van der Waals surface area contributed by atoms with Gasteiger partial charge in [-0.05, 0) is 60.7 Å². The van der Waals surface area contributed by atoms with Gasteiger partial charge in [0.25, 0.3) is 0 Å². The van der Waals surface area contributed by atoms with Gasteiger partial charge in [0.2, 0.25) is 0 Å². The Hall–Kier alpha value is -1.08. The lowest BCUT2D eigenvalue weighted by atomic mass is 10.3. The molecule has 0 aliphatic heterocycles. The first-order valence-electron chi connectivity index (χ1n) is 7.40. The number of hydrogen-bond acceptors (Lipinski definition) is 2. The van der Waals surface area contributed by atoms with Crippen molar-refractivity contribution in [1.82, 2.24) is 5.32 Å². The molecule has 122 valence electrons. The molecule has 0 saturated heterocycles. The number of rotatable bonds is 6. The summed E-state index contributed by atoms with van der Waals surface area (Å²) < 4.78 is 1.10. The van der Waals surface area contributed by atoms with Crippen molar-refractivity contribution in [2.75, 3.05) is 32.5 Å². The summed E-state index contributed by atoms with van der Waals surface area (Å²) in [7, 11) is 4.25. The molecule has 0 unspecified atom stereocenters. The quantitative estimate of drug-likeness (QED) is 0.638. The van der Waals surface area contributed by atoms with E-state index in [9.17, 15) is 0 Å². The predicted molar refractivity (Wildman–Crippen MR) is 107 cm³/mol. The molecule has 3 nitrogen and oxygen atoms in total. The van der Waals surface area contributed by atoms with Gasteiger partial charge in [-0.2, -0.15) is 0 Å². The molecule has 0 radical (unpaired) electrons. The molecule has 2 aromatic rings. The van der Waals surface area contributed by atoms with Crippen molar-refractivity contribution in [2.45, 2.75) is 9.79 Å². The van der Waals surface area contributed by atoms with Crippen LogP contribution in [0.3, 0.4) is 0 Å². The van der Waals surface area contributed by atoms with Crippen molar-refractivity contribution >= 4 is 50.7 Å². The fourth-order valence-electron chi connectivity index (χ4n) is 1.85. The Morgan fingerprint density at radius 3 is 2.17 bits per heavy atom. The first kappa shape index (κ1) is 18.3. The van der Waals surface area contributed by atoms with Crippen LogP contribution in [0.5, 0.6) is 0 Å². The van der Waals surface area contributed by atoms with Crippen LogP contribution in [0.4, 0.5) is 5.69 Å². The summed E-state index contributed by atoms with van der Waals surface area (Å²) in [5, 5.41) is 7.09. The van der Waals surface area contributed by atoms with Crippen molar-refractivity contribution in [1.29, 1.82) is 0 Å². The van der Waals surface area contributed by atoms with Gasteiger partial charge in [0, 0.05) is 20.0 Å². The van der Waals surface area contributed by atoms with Gasteiger partial charge in [0.1, 0.15) is 0 Å². The summed E-state index contributed by atoms with van der Waals surface area (Å²) in [5.41, 5.74) is 1.000. The molecule has 2 rings (SSSR count). The maximum absolute atomic E-state index is 5.30. The van der Waals surface area contributed by atoms with Gasteiger partial charge < -0.3 is 15.5 Å². The highest BCUT2D eigenvalue weighted by molar-refractivity contribution is 9.10. The molecule has 0 amide bonds. The number of hydrogen-bond donors (Lipinski definition) is 3. The monoisotopic (exact) mass is 410 g/mol. The molecular weight excluding hydrogens is 390 g/mol. The molecule has 0 fully saturated rings. The normalized spacial score (nSPS) is 10.6. The number of likely N-dealkylation sites (N-methyl/N-ethyl adjacent to an activating group) is 1. The molecule has 23 heavy (non-hydrogen) atoms. The largest absolute Gasteiger partial charge is 0.357 e. The number of halogens is 1. The molecule has 0 aliphatic carbocycles. The lowest BCUT2D eigenvalue weighted by molar-refractivity contribution is -0.856. The average Bonchev–Trinajstić information content (AvgIpc) is 2.51. The van der Waals surface area contributed by atoms with E-state index >= 15 is 0 Å². The molecule has 0 bridgehead atoms. The van der Waals surface area contributed by atoms with Crippen molar-refractivity contribution in [3.05, 3.63) is 53.0 Å². The molecule has 0 aromatic heterocycles. The Balaban J connectivity index is 1.84. The highest BCUT2D eigenvalue weighted by atomic mass is 79.9. The highest BCUT2D eigenvalue weighted by Gasteiger charge is 2.01. The van der Waals surface area contributed by atoms with Gasteiger partial charge in [-0.15, -0.1) is 0 Å². The van der Waals surface area contributed by atoms with Gasteiger partial charge in [0.05, 0.1) is 27.2 Å². The summed E-state index contributed by atoms with van der Waals surface area (Å²) in [4.78, 5) is 3.82. The summed E-state index contributed by atoms with van der Waals surface area (Å²) in [6.07, 6.45) is 0. The van der Waals surface area contributed by atoms with Crippen LogP contribution in [-0.4, -0.2) is 32.3 Å². The van der Waals surface area contributed by atoms with E-state index < -0.39 is 0 Å². The van der Waals surface area contributed by atoms with Crippen LogP contribution in [-0.2, 0) is 0 Å². The molecular formula is C17H21BrN3S2+. The summed E-state index contributed by atoms with van der Waals surface area (Å²) in [5.74, 6) is 0. The fraction of sp³-hybridized carbons (Fsp3) is 0.235. The summed E-state index contributed by atoms with van der Waals surface area (Å²) >= 11 is 10.5. The van der Waals surface area contributed by atoms with Gasteiger partial charge in [-0.25, -0.2) is 0 Å². The molecule has 6 heteroatoms. The van der Waals surface area contributed by atoms with E-state index in [1.165, 1.54) is 14.7 Å². The number of thiocarbonyl (C=S) groups is 1. The van der Waals surface area contributed by atoms with Gasteiger partial charge >= 0.3 is 0 Å². The third-order valence-corrected chi connectivity index (χ3v) is 4.86. The Kier molecular flexibility index (Phi) is 7.36.